The van der Waals surface area contributed by atoms with E-state index in [4.69, 9.17) is 0 Å². The van der Waals surface area contributed by atoms with E-state index in [-0.39, 0.29) is 11.5 Å². The Morgan fingerprint density at radius 1 is 1.31 bits per heavy atom. The lowest BCUT2D eigenvalue weighted by Crippen LogP contribution is -2.38. The Kier molecular flexibility index (Phi) is 4.32. The Balaban J connectivity index is 1.73. The summed E-state index contributed by atoms with van der Waals surface area (Å²) in [4.78, 5) is 38.8. The van der Waals surface area contributed by atoms with Crippen LogP contribution in [-0.2, 0) is 0 Å². The molecular weight excluding hydrogens is 348 g/mol. The number of aromatic amines is 1. The van der Waals surface area contributed by atoms with Crippen LogP contribution in [-0.4, -0.2) is 38.8 Å². The second-order valence-electron chi connectivity index (χ2n) is 6.86. The van der Waals surface area contributed by atoms with E-state index in [1.165, 1.54) is 11.3 Å². The first-order chi connectivity index (χ1) is 12.5. The normalized spacial score (nSPS) is 15.5. The highest BCUT2D eigenvalue weighted by atomic mass is 32.1. The number of nitrogens with one attached hydrogen (secondary N) is 1. The van der Waals surface area contributed by atoms with Crippen molar-refractivity contribution in [1.29, 1.82) is 0 Å². The molecule has 0 atom stereocenters. The summed E-state index contributed by atoms with van der Waals surface area (Å²) in [6.45, 7) is 5.65. The fourth-order valence-electron chi connectivity index (χ4n) is 3.37. The molecule has 0 radical (unpaired) electrons. The van der Waals surface area contributed by atoms with Crippen LogP contribution in [0.2, 0.25) is 0 Å². The van der Waals surface area contributed by atoms with Crippen molar-refractivity contribution in [3.05, 3.63) is 45.2 Å². The molecule has 0 aromatic carbocycles. The summed E-state index contributed by atoms with van der Waals surface area (Å²) in [5, 5.41) is 1.84. The van der Waals surface area contributed by atoms with Gasteiger partial charge in [0.2, 0.25) is 0 Å². The minimum Gasteiger partial charge on any atom is -0.339 e. The molecule has 4 heterocycles. The molecule has 4 rings (SSSR count). The SMILES string of the molecule is Cc1c(C(=O)N2CCC(C)CC2)ccnc1-c1nc2ccsc2c(=O)[nH]1. The molecule has 0 saturated carbocycles. The van der Waals surface area contributed by atoms with Crippen molar-refractivity contribution in [3.63, 3.8) is 0 Å². The van der Waals surface area contributed by atoms with Gasteiger partial charge in [0.05, 0.1) is 5.52 Å². The molecule has 1 N–H and O–H groups in total. The molecule has 26 heavy (non-hydrogen) atoms. The second-order valence-corrected chi connectivity index (χ2v) is 7.77. The van der Waals surface area contributed by atoms with Gasteiger partial charge in [0.25, 0.3) is 11.5 Å². The monoisotopic (exact) mass is 368 g/mol. The van der Waals surface area contributed by atoms with E-state index in [2.05, 4.69) is 21.9 Å². The van der Waals surface area contributed by atoms with Gasteiger partial charge in [-0.15, -0.1) is 11.3 Å². The molecule has 3 aromatic heterocycles. The molecule has 6 nitrogen and oxygen atoms in total. The molecule has 0 spiro atoms. The number of rotatable bonds is 2. The van der Waals surface area contributed by atoms with E-state index in [1.807, 2.05) is 23.3 Å². The Labute approximate surface area is 154 Å². The van der Waals surface area contributed by atoms with Gasteiger partial charge in [0, 0.05) is 24.8 Å². The molecule has 1 saturated heterocycles. The van der Waals surface area contributed by atoms with Crippen LogP contribution in [0.15, 0.2) is 28.5 Å². The molecule has 1 aliphatic rings. The third kappa shape index (κ3) is 2.92. The number of thiophene rings is 1. The molecule has 0 bridgehead atoms. The van der Waals surface area contributed by atoms with E-state index in [1.54, 1.807) is 12.3 Å². The number of fused-ring (bicyclic) bond motifs is 1. The summed E-state index contributed by atoms with van der Waals surface area (Å²) in [6.07, 6.45) is 3.68. The second kappa shape index (κ2) is 6.64. The van der Waals surface area contributed by atoms with E-state index >= 15 is 0 Å². The van der Waals surface area contributed by atoms with Crippen molar-refractivity contribution >= 4 is 27.5 Å². The number of amides is 1. The van der Waals surface area contributed by atoms with Crippen molar-refractivity contribution < 1.29 is 4.79 Å². The number of likely N-dealkylation sites (tertiary alicyclic amines) is 1. The number of pyridine rings is 1. The van der Waals surface area contributed by atoms with E-state index < -0.39 is 0 Å². The number of piperidine rings is 1. The summed E-state index contributed by atoms with van der Waals surface area (Å²) < 4.78 is 0.598. The van der Waals surface area contributed by atoms with Gasteiger partial charge < -0.3 is 9.88 Å². The van der Waals surface area contributed by atoms with Crippen molar-refractivity contribution in [2.24, 2.45) is 5.92 Å². The Morgan fingerprint density at radius 2 is 2.08 bits per heavy atom. The van der Waals surface area contributed by atoms with Gasteiger partial charge in [-0.2, -0.15) is 0 Å². The number of carbonyl (C=O) groups excluding carboxylic acids is 1. The maximum Gasteiger partial charge on any atom is 0.269 e. The molecule has 134 valence electrons. The molecular formula is C19H20N4O2S. The summed E-state index contributed by atoms with van der Waals surface area (Å²) >= 11 is 1.36. The first kappa shape index (κ1) is 16.9. The van der Waals surface area contributed by atoms with E-state index in [0.29, 0.717) is 33.2 Å². The van der Waals surface area contributed by atoms with Gasteiger partial charge in [-0.05, 0) is 48.8 Å². The number of hydrogen-bond acceptors (Lipinski definition) is 5. The van der Waals surface area contributed by atoms with Gasteiger partial charge in [-0.3, -0.25) is 14.6 Å². The molecule has 0 aliphatic carbocycles. The standard InChI is InChI=1S/C19H20N4O2S/c1-11-4-8-23(9-5-11)19(25)13-3-7-20-15(12(13)2)17-21-14-6-10-26-16(14)18(24)22-17/h3,6-7,10-11H,4-5,8-9H2,1-2H3,(H,21,22,24). The third-order valence-electron chi connectivity index (χ3n) is 5.04. The number of H-pyrrole nitrogens is 1. The highest BCUT2D eigenvalue weighted by molar-refractivity contribution is 7.17. The third-order valence-corrected chi connectivity index (χ3v) is 5.95. The quantitative estimate of drug-likeness (QED) is 0.753. The van der Waals surface area contributed by atoms with Crippen LogP contribution < -0.4 is 5.56 Å². The van der Waals surface area contributed by atoms with Gasteiger partial charge in [-0.25, -0.2) is 4.98 Å². The minimum absolute atomic E-state index is 0.0250. The Morgan fingerprint density at radius 3 is 2.85 bits per heavy atom. The predicted molar refractivity (Wildman–Crippen MR) is 103 cm³/mol. The van der Waals surface area contributed by atoms with Gasteiger partial charge >= 0.3 is 0 Å². The first-order valence-corrected chi connectivity index (χ1v) is 9.65. The maximum absolute atomic E-state index is 13.0. The molecule has 0 unspecified atom stereocenters. The summed E-state index contributed by atoms with van der Waals surface area (Å²) in [5.74, 6) is 1.09. The highest BCUT2D eigenvalue weighted by Gasteiger charge is 2.24. The summed E-state index contributed by atoms with van der Waals surface area (Å²) in [5.41, 5.74) is 2.39. The fourth-order valence-corrected chi connectivity index (χ4v) is 4.10. The molecule has 1 amide bonds. The largest absolute Gasteiger partial charge is 0.339 e. The lowest BCUT2D eigenvalue weighted by molar-refractivity contribution is 0.0696. The predicted octanol–water partition coefficient (Wildman–Crippen LogP) is 3.23. The van der Waals surface area contributed by atoms with Crippen LogP contribution in [0.3, 0.4) is 0 Å². The van der Waals surface area contributed by atoms with E-state index in [9.17, 15) is 9.59 Å². The van der Waals surface area contributed by atoms with Crippen LogP contribution in [0, 0.1) is 12.8 Å². The van der Waals surface area contributed by atoms with Crippen LogP contribution in [0.5, 0.6) is 0 Å². The number of hydrogen-bond donors (Lipinski definition) is 1. The van der Waals surface area contributed by atoms with E-state index in [0.717, 1.165) is 31.5 Å². The highest BCUT2D eigenvalue weighted by Crippen LogP contribution is 2.25. The number of nitrogens with zero attached hydrogens (tertiary/aromatic N) is 3. The molecule has 1 fully saturated rings. The van der Waals surface area contributed by atoms with Crippen LogP contribution >= 0.6 is 11.3 Å². The smallest absolute Gasteiger partial charge is 0.269 e. The minimum atomic E-state index is -0.178. The fraction of sp³-hybridized carbons (Fsp3) is 0.368. The first-order valence-electron chi connectivity index (χ1n) is 8.77. The maximum atomic E-state index is 13.0. The Bertz CT molecular complexity index is 1030. The molecule has 7 heteroatoms. The van der Waals surface area contributed by atoms with Gasteiger partial charge in [-0.1, -0.05) is 6.92 Å². The Hall–Kier alpha value is -2.54. The molecule has 3 aromatic rings. The zero-order chi connectivity index (χ0) is 18.3. The average Bonchev–Trinajstić information content (AvgIpc) is 3.11. The van der Waals surface area contributed by atoms with Crippen molar-refractivity contribution in [2.75, 3.05) is 13.1 Å². The molecule has 1 aliphatic heterocycles. The lowest BCUT2D eigenvalue weighted by atomic mass is 9.98. The summed E-state index contributed by atoms with van der Waals surface area (Å²) in [6, 6.07) is 3.57. The van der Waals surface area contributed by atoms with Crippen LogP contribution in [0.4, 0.5) is 0 Å². The summed E-state index contributed by atoms with van der Waals surface area (Å²) in [7, 11) is 0. The van der Waals surface area contributed by atoms with Crippen molar-refractivity contribution in [3.8, 4) is 11.5 Å². The number of carbonyl (C=O) groups is 1. The number of aromatic nitrogens is 3. The zero-order valence-electron chi connectivity index (χ0n) is 14.8. The van der Waals surface area contributed by atoms with Gasteiger partial charge in [0.15, 0.2) is 5.82 Å². The lowest BCUT2D eigenvalue weighted by Gasteiger charge is -2.30. The van der Waals surface area contributed by atoms with Crippen molar-refractivity contribution in [1.82, 2.24) is 19.9 Å². The van der Waals surface area contributed by atoms with Crippen LogP contribution in [0.25, 0.3) is 21.7 Å². The average molecular weight is 368 g/mol. The zero-order valence-corrected chi connectivity index (χ0v) is 15.6. The van der Waals surface area contributed by atoms with Crippen LogP contribution in [0.1, 0.15) is 35.7 Å². The van der Waals surface area contributed by atoms with Crippen molar-refractivity contribution in [2.45, 2.75) is 26.7 Å². The van der Waals surface area contributed by atoms with Gasteiger partial charge in [0.1, 0.15) is 10.4 Å². The topological polar surface area (TPSA) is 79.0 Å².